The number of nitrogens with zero attached hydrogens (tertiary/aromatic N) is 1. The number of benzene rings is 2. The summed E-state index contributed by atoms with van der Waals surface area (Å²) in [6.45, 7) is 0.168. The van der Waals surface area contributed by atoms with Crippen molar-refractivity contribution in [2.45, 2.75) is 24.8 Å². The minimum atomic E-state index is -0.932. The third kappa shape index (κ3) is 6.80. The highest BCUT2D eigenvalue weighted by atomic mass is 32.2. The van der Waals surface area contributed by atoms with Crippen molar-refractivity contribution in [3.63, 3.8) is 0 Å². The van der Waals surface area contributed by atoms with Crippen LogP contribution < -0.4 is 0 Å². The molecule has 0 aromatic heterocycles. The van der Waals surface area contributed by atoms with E-state index in [2.05, 4.69) is 0 Å². The molecular weight excluding hydrogens is 350 g/mol. The van der Waals surface area contributed by atoms with Crippen LogP contribution in [0.2, 0.25) is 0 Å². The van der Waals surface area contributed by atoms with Gasteiger partial charge in [-0.15, -0.1) is 0 Å². The highest BCUT2D eigenvalue weighted by Gasteiger charge is 2.23. The Hall–Kier alpha value is -2.47. The number of ether oxygens (including phenoxy) is 1. The zero-order valence-electron chi connectivity index (χ0n) is 14.7. The van der Waals surface area contributed by atoms with E-state index in [1.54, 1.807) is 18.8 Å². The average molecular weight is 373 g/mol. The molecule has 0 aliphatic carbocycles. The Balaban J connectivity index is 1.87. The van der Waals surface area contributed by atoms with E-state index in [9.17, 15) is 9.59 Å². The first-order chi connectivity index (χ1) is 12.6. The molecule has 6 heteroatoms. The van der Waals surface area contributed by atoms with Crippen LogP contribution in [-0.2, 0) is 21.9 Å². The van der Waals surface area contributed by atoms with Crippen LogP contribution in [0.4, 0.5) is 4.79 Å². The van der Waals surface area contributed by atoms with Crippen LogP contribution in [0.5, 0.6) is 0 Å². The summed E-state index contributed by atoms with van der Waals surface area (Å²) in [6, 6.07) is 18.9. The number of hydrogen-bond donors (Lipinski definition) is 1. The van der Waals surface area contributed by atoms with E-state index in [1.807, 2.05) is 60.7 Å². The fourth-order valence-electron chi connectivity index (χ4n) is 2.37. The van der Waals surface area contributed by atoms with Gasteiger partial charge in [0.15, 0.2) is 0 Å². The fraction of sp³-hybridized carbons (Fsp3) is 0.300. The summed E-state index contributed by atoms with van der Waals surface area (Å²) in [4.78, 5) is 24.8. The molecule has 0 aliphatic rings. The van der Waals surface area contributed by atoms with E-state index in [1.165, 1.54) is 10.5 Å². The summed E-state index contributed by atoms with van der Waals surface area (Å²) in [7, 11) is 1.59. The average Bonchev–Trinajstić information content (AvgIpc) is 2.66. The normalized spacial score (nSPS) is 11.6. The van der Waals surface area contributed by atoms with Gasteiger partial charge in [-0.05, 0) is 11.1 Å². The van der Waals surface area contributed by atoms with Crippen molar-refractivity contribution in [1.29, 1.82) is 0 Å². The van der Waals surface area contributed by atoms with Crippen molar-refractivity contribution in [3.8, 4) is 0 Å². The first-order valence-electron chi connectivity index (χ1n) is 8.33. The van der Waals surface area contributed by atoms with Gasteiger partial charge in [-0.25, -0.2) is 4.79 Å². The monoisotopic (exact) mass is 373 g/mol. The molecule has 138 valence electrons. The van der Waals surface area contributed by atoms with Gasteiger partial charge < -0.3 is 14.7 Å². The van der Waals surface area contributed by atoms with E-state index in [0.29, 0.717) is 5.75 Å². The van der Waals surface area contributed by atoms with Gasteiger partial charge in [-0.2, -0.15) is 11.8 Å². The van der Waals surface area contributed by atoms with Gasteiger partial charge in [0, 0.05) is 18.6 Å². The number of aliphatic carboxylic acids is 1. The topological polar surface area (TPSA) is 66.8 Å². The highest BCUT2D eigenvalue weighted by Crippen LogP contribution is 2.17. The third-order valence-corrected chi connectivity index (χ3v) is 5.03. The van der Waals surface area contributed by atoms with Crippen molar-refractivity contribution in [2.24, 2.45) is 0 Å². The second kappa shape index (κ2) is 10.5. The Kier molecular flexibility index (Phi) is 8.02. The Morgan fingerprint density at radius 1 is 1.04 bits per heavy atom. The predicted octanol–water partition coefficient (Wildman–Crippen LogP) is 4.03. The first kappa shape index (κ1) is 19.8. The second-order valence-corrected chi connectivity index (χ2v) is 6.93. The minimum Gasteiger partial charge on any atom is -0.481 e. The van der Waals surface area contributed by atoms with Gasteiger partial charge in [-0.3, -0.25) is 4.79 Å². The maximum absolute atomic E-state index is 12.3. The van der Waals surface area contributed by atoms with Crippen molar-refractivity contribution in [1.82, 2.24) is 4.90 Å². The van der Waals surface area contributed by atoms with Crippen molar-refractivity contribution in [3.05, 3.63) is 71.8 Å². The molecule has 1 atom stereocenters. The Morgan fingerprint density at radius 3 is 2.19 bits per heavy atom. The second-order valence-electron chi connectivity index (χ2n) is 5.90. The van der Waals surface area contributed by atoms with Crippen LogP contribution >= 0.6 is 11.8 Å². The predicted molar refractivity (Wildman–Crippen MR) is 103 cm³/mol. The molecule has 2 aromatic carbocycles. The standard InChI is InChI=1S/C20H23NO4S/c1-21(20(24)25-13-16-8-4-2-5-9-16)18(12-19(22)23)15-26-14-17-10-6-3-7-11-17/h2-11,18H,12-15H2,1H3,(H,22,23)/t18-/m0/s1. The molecule has 1 N–H and O–H groups in total. The van der Waals surface area contributed by atoms with Crippen LogP contribution in [0.1, 0.15) is 17.5 Å². The molecule has 0 aliphatic heterocycles. The van der Waals surface area contributed by atoms with Crippen molar-refractivity contribution in [2.75, 3.05) is 12.8 Å². The highest BCUT2D eigenvalue weighted by molar-refractivity contribution is 7.98. The number of amides is 1. The summed E-state index contributed by atoms with van der Waals surface area (Å²) in [5.74, 6) is 0.361. The number of carboxylic acids is 1. The largest absolute Gasteiger partial charge is 0.481 e. The van der Waals surface area contributed by atoms with Crippen molar-refractivity contribution >= 4 is 23.8 Å². The molecule has 0 fully saturated rings. The maximum atomic E-state index is 12.3. The number of hydrogen-bond acceptors (Lipinski definition) is 4. The lowest BCUT2D eigenvalue weighted by atomic mass is 10.2. The van der Waals surface area contributed by atoms with Crippen LogP contribution in [0.3, 0.4) is 0 Å². The molecule has 0 saturated carbocycles. The van der Waals surface area contributed by atoms with E-state index in [4.69, 9.17) is 9.84 Å². The lowest BCUT2D eigenvalue weighted by molar-refractivity contribution is -0.137. The number of rotatable bonds is 9. The zero-order chi connectivity index (χ0) is 18.8. The summed E-state index contributed by atoms with van der Waals surface area (Å²) in [5.41, 5.74) is 2.06. The van der Waals surface area contributed by atoms with E-state index >= 15 is 0 Å². The lowest BCUT2D eigenvalue weighted by Gasteiger charge is -2.26. The van der Waals surface area contributed by atoms with Gasteiger partial charge in [-0.1, -0.05) is 60.7 Å². The number of thioether (sulfide) groups is 1. The minimum absolute atomic E-state index is 0.112. The van der Waals surface area contributed by atoms with E-state index in [0.717, 1.165) is 11.3 Å². The molecule has 26 heavy (non-hydrogen) atoms. The Labute approximate surface area is 158 Å². The van der Waals surface area contributed by atoms with Crippen LogP contribution in [0.15, 0.2) is 60.7 Å². The molecule has 2 rings (SSSR count). The van der Waals surface area contributed by atoms with E-state index in [-0.39, 0.29) is 13.0 Å². The van der Waals surface area contributed by atoms with Gasteiger partial charge in [0.2, 0.25) is 0 Å². The molecule has 0 spiro atoms. The quantitative estimate of drug-likeness (QED) is 0.719. The smallest absolute Gasteiger partial charge is 0.410 e. The first-order valence-corrected chi connectivity index (χ1v) is 9.48. The summed E-state index contributed by atoms with van der Waals surface area (Å²) in [5, 5.41) is 9.15. The van der Waals surface area contributed by atoms with Gasteiger partial charge in [0.05, 0.1) is 12.5 Å². The third-order valence-electron chi connectivity index (χ3n) is 3.87. The number of carbonyl (C=O) groups excluding carboxylic acids is 1. The Bertz CT molecular complexity index is 693. The molecule has 0 bridgehead atoms. The SMILES string of the molecule is CN(C(=O)OCc1ccccc1)[C@H](CSCc1ccccc1)CC(=O)O. The molecule has 2 aromatic rings. The number of carbonyl (C=O) groups is 2. The molecule has 0 heterocycles. The number of carboxylic acid groups (broad SMARTS) is 1. The summed E-state index contributed by atoms with van der Waals surface area (Å²) >= 11 is 1.60. The molecule has 0 radical (unpaired) electrons. The van der Waals surface area contributed by atoms with Crippen LogP contribution in [0.25, 0.3) is 0 Å². The molecule has 0 unspecified atom stereocenters. The van der Waals surface area contributed by atoms with Crippen molar-refractivity contribution < 1.29 is 19.4 Å². The lowest BCUT2D eigenvalue weighted by Crippen LogP contribution is -2.40. The summed E-state index contributed by atoms with van der Waals surface area (Å²) < 4.78 is 5.30. The molecule has 1 amide bonds. The van der Waals surface area contributed by atoms with Crippen LogP contribution in [-0.4, -0.2) is 40.9 Å². The van der Waals surface area contributed by atoms with E-state index < -0.39 is 18.1 Å². The Morgan fingerprint density at radius 2 is 1.62 bits per heavy atom. The summed E-state index contributed by atoms with van der Waals surface area (Å²) in [6.07, 6.45) is -0.626. The zero-order valence-corrected chi connectivity index (χ0v) is 15.5. The fourth-order valence-corrected chi connectivity index (χ4v) is 3.53. The molecule has 5 nitrogen and oxygen atoms in total. The maximum Gasteiger partial charge on any atom is 0.410 e. The van der Waals surface area contributed by atoms with Gasteiger partial charge in [0.25, 0.3) is 0 Å². The van der Waals surface area contributed by atoms with Gasteiger partial charge >= 0.3 is 12.1 Å². The molecule has 0 saturated heterocycles. The van der Waals surface area contributed by atoms with Crippen LogP contribution in [0, 0.1) is 0 Å². The molecular formula is C20H23NO4S. The van der Waals surface area contributed by atoms with Gasteiger partial charge in [0.1, 0.15) is 6.61 Å².